The SMILES string of the molecule is COCCNC(=O)[C@H](c1ccc(F)cc1)N(Cc1ccco1)C(=O)CCC(=O)Nc1nccs1. The molecule has 9 nitrogen and oxygen atoms in total. The lowest BCUT2D eigenvalue weighted by molar-refractivity contribution is -0.142. The van der Waals surface area contributed by atoms with Crippen molar-refractivity contribution in [2.45, 2.75) is 25.4 Å². The lowest BCUT2D eigenvalue weighted by Gasteiger charge is -2.31. The van der Waals surface area contributed by atoms with Gasteiger partial charge in [0, 0.05) is 38.1 Å². The van der Waals surface area contributed by atoms with Gasteiger partial charge in [0.15, 0.2) is 5.13 Å². The summed E-state index contributed by atoms with van der Waals surface area (Å²) in [6.45, 7) is 0.497. The van der Waals surface area contributed by atoms with E-state index in [1.807, 2.05) is 0 Å². The topological polar surface area (TPSA) is 114 Å². The number of carbonyl (C=O) groups is 3. The molecule has 0 spiro atoms. The molecule has 3 aromatic rings. The van der Waals surface area contributed by atoms with Crippen molar-refractivity contribution < 1.29 is 27.9 Å². The van der Waals surface area contributed by atoms with Crippen molar-refractivity contribution in [3.63, 3.8) is 0 Å². The van der Waals surface area contributed by atoms with Gasteiger partial charge in [-0.25, -0.2) is 9.37 Å². The molecule has 2 heterocycles. The van der Waals surface area contributed by atoms with Crippen molar-refractivity contribution in [3.05, 3.63) is 71.4 Å². The van der Waals surface area contributed by atoms with Gasteiger partial charge in [0.25, 0.3) is 0 Å². The minimum atomic E-state index is -1.07. The number of halogens is 1. The Morgan fingerprint density at radius 1 is 1.21 bits per heavy atom. The van der Waals surface area contributed by atoms with Crippen molar-refractivity contribution in [2.24, 2.45) is 0 Å². The minimum Gasteiger partial charge on any atom is -0.467 e. The van der Waals surface area contributed by atoms with E-state index >= 15 is 0 Å². The maximum atomic E-state index is 13.6. The van der Waals surface area contributed by atoms with Crippen LogP contribution in [0.5, 0.6) is 0 Å². The molecule has 0 radical (unpaired) electrons. The molecule has 0 saturated heterocycles. The van der Waals surface area contributed by atoms with Gasteiger partial charge in [-0.1, -0.05) is 12.1 Å². The molecule has 0 aliphatic carbocycles. The van der Waals surface area contributed by atoms with E-state index in [0.29, 0.717) is 16.5 Å². The summed E-state index contributed by atoms with van der Waals surface area (Å²) in [5, 5.41) is 7.53. The van der Waals surface area contributed by atoms with E-state index in [2.05, 4.69) is 15.6 Å². The molecule has 11 heteroatoms. The molecule has 2 aromatic heterocycles. The first-order valence-corrected chi connectivity index (χ1v) is 11.4. The highest BCUT2D eigenvalue weighted by atomic mass is 32.1. The van der Waals surface area contributed by atoms with Gasteiger partial charge in [-0.2, -0.15) is 0 Å². The summed E-state index contributed by atoms with van der Waals surface area (Å²) in [5.74, 6) is -1.29. The quantitative estimate of drug-likeness (QED) is 0.379. The molecule has 1 aromatic carbocycles. The Kier molecular flexibility index (Phi) is 9.30. The number of hydrogen-bond acceptors (Lipinski definition) is 7. The predicted octanol–water partition coefficient (Wildman–Crippen LogP) is 3.13. The second-order valence-electron chi connectivity index (χ2n) is 7.22. The molecule has 1 atom stereocenters. The molecule has 0 saturated carbocycles. The Labute approximate surface area is 199 Å². The second-order valence-corrected chi connectivity index (χ2v) is 8.12. The molecule has 180 valence electrons. The van der Waals surface area contributed by atoms with Gasteiger partial charge in [0.2, 0.25) is 17.7 Å². The number of rotatable bonds is 12. The van der Waals surface area contributed by atoms with Crippen LogP contribution < -0.4 is 10.6 Å². The molecular weight excluding hydrogens is 463 g/mol. The summed E-state index contributed by atoms with van der Waals surface area (Å²) in [5.41, 5.74) is 0.420. The number of nitrogens with zero attached hydrogens (tertiary/aromatic N) is 2. The number of thiazole rings is 1. The van der Waals surface area contributed by atoms with Gasteiger partial charge in [-0.15, -0.1) is 11.3 Å². The number of carbonyl (C=O) groups excluding carboxylic acids is 3. The van der Waals surface area contributed by atoms with Crippen molar-refractivity contribution in [1.82, 2.24) is 15.2 Å². The molecule has 0 aliphatic rings. The minimum absolute atomic E-state index is 0.0142. The fraction of sp³-hybridized carbons (Fsp3) is 0.304. The average molecular weight is 489 g/mol. The Balaban J connectivity index is 1.82. The molecule has 0 bridgehead atoms. The van der Waals surface area contributed by atoms with E-state index in [1.54, 1.807) is 23.7 Å². The first-order chi connectivity index (χ1) is 16.5. The highest BCUT2D eigenvalue weighted by Crippen LogP contribution is 2.25. The van der Waals surface area contributed by atoms with Gasteiger partial charge in [0.05, 0.1) is 19.4 Å². The highest BCUT2D eigenvalue weighted by Gasteiger charge is 2.32. The molecule has 3 rings (SSSR count). The first kappa shape index (κ1) is 25.1. The van der Waals surface area contributed by atoms with Crippen LogP contribution in [0, 0.1) is 5.82 Å². The van der Waals surface area contributed by atoms with Crippen LogP contribution in [-0.2, 0) is 25.7 Å². The third kappa shape index (κ3) is 7.22. The van der Waals surface area contributed by atoms with E-state index in [-0.39, 0.29) is 38.4 Å². The van der Waals surface area contributed by atoms with E-state index in [9.17, 15) is 18.8 Å². The third-order valence-corrected chi connectivity index (χ3v) is 5.51. The average Bonchev–Trinajstić information content (AvgIpc) is 3.53. The lowest BCUT2D eigenvalue weighted by atomic mass is 10.0. The first-order valence-electron chi connectivity index (χ1n) is 10.5. The number of amides is 3. The monoisotopic (exact) mass is 488 g/mol. The second kappa shape index (κ2) is 12.6. The van der Waals surface area contributed by atoms with Gasteiger partial charge in [-0.3, -0.25) is 14.4 Å². The number of aromatic nitrogens is 1. The van der Waals surface area contributed by atoms with Crippen molar-refractivity contribution in [1.29, 1.82) is 0 Å². The largest absolute Gasteiger partial charge is 0.467 e. The smallest absolute Gasteiger partial charge is 0.247 e. The zero-order valence-corrected chi connectivity index (χ0v) is 19.3. The molecule has 3 amide bonds. The molecule has 34 heavy (non-hydrogen) atoms. The normalized spacial score (nSPS) is 11.6. The summed E-state index contributed by atoms with van der Waals surface area (Å²) in [6.07, 6.45) is 2.77. The zero-order valence-electron chi connectivity index (χ0n) is 18.5. The Morgan fingerprint density at radius 3 is 2.65 bits per heavy atom. The summed E-state index contributed by atoms with van der Waals surface area (Å²) >= 11 is 1.27. The van der Waals surface area contributed by atoms with Crippen LogP contribution in [0.1, 0.15) is 30.2 Å². The van der Waals surface area contributed by atoms with Crippen molar-refractivity contribution in [3.8, 4) is 0 Å². The fourth-order valence-corrected chi connectivity index (χ4v) is 3.76. The summed E-state index contributed by atoms with van der Waals surface area (Å²) < 4.78 is 24.0. The van der Waals surface area contributed by atoms with Crippen LogP contribution >= 0.6 is 11.3 Å². The van der Waals surface area contributed by atoms with E-state index in [0.717, 1.165) is 0 Å². The van der Waals surface area contributed by atoms with Gasteiger partial charge < -0.3 is 24.7 Å². The Morgan fingerprint density at radius 2 is 2.00 bits per heavy atom. The number of hydrogen-bond donors (Lipinski definition) is 2. The molecular formula is C23H25FN4O5S. The maximum Gasteiger partial charge on any atom is 0.247 e. The summed E-state index contributed by atoms with van der Waals surface area (Å²) in [7, 11) is 1.51. The fourth-order valence-electron chi connectivity index (χ4n) is 3.22. The number of methoxy groups -OCH3 is 1. The summed E-state index contributed by atoms with van der Waals surface area (Å²) in [4.78, 5) is 44.0. The van der Waals surface area contributed by atoms with Gasteiger partial charge >= 0.3 is 0 Å². The zero-order chi connectivity index (χ0) is 24.3. The standard InChI is InChI=1S/C23H25FN4O5S/c1-32-13-10-25-22(31)21(16-4-6-17(24)7-5-16)28(15-18-3-2-12-33-18)20(30)9-8-19(29)27-23-26-11-14-34-23/h2-7,11-12,14,21H,8-10,13,15H2,1H3,(H,25,31)(H,26,27,29)/t21-/m0/s1. The third-order valence-electron chi connectivity index (χ3n) is 4.82. The molecule has 2 N–H and O–H groups in total. The van der Waals surface area contributed by atoms with Crippen LogP contribution in [-0.4, -0.2) is 47.9 Å². The highest BCUT2D eigenvalue weighted by molar-refractivity contribution is 7.13. The van der Waals surface area contributed by atoms with Gasteiger partial charge in [0.1, 0.15) is 17.6 Å². The van der Waals surface area contributed by atoms with Crippen LogP contribution in [0.3, 0.4) is 0 Å². The van der Waals surface area contributed by atoms with E-state index in [4.69, 9.17) is 9.15 Å². The molecule has 0 unspecified atom stereocenters. The Bertz CT molecular complexity index is 1060. The number of nitrogens with one attached hydrogen (secondary N) is 2. The van der Waals surface area contributed by atoms with E-state index in [1.165, 1.54) is 53.9 Å². The van der Waals surface area contributed by atoms with Crippen LogP contribution in [0.15, 0.2) is 58.7 Å². The van der Waals surface area contributed by atoms with Crippen molar-refractivity contribution >= 4 is 34.2 Å². The van der Waals surface area contributed by atoms with Crippen LogP contribution in [0.4, 0.5) is 9.52 Å². The maximum absolute atomic E-state index is 13.6. The predicted molar refractivity (Wildman–Crippen MR) is 123 cm³/mol. The van der Waals surface area contributed by atoms with Crippen LogP contribution in [0.2, 0.25) is 0 Å². The lowest BCUT2D eigenvalue weighted by Crippen LogP contribution is -2.44. The number of anilines is 1. The molecule has 0 fully saturated rings. The number of furan rings is 1. The Hall–Kier alpha value is -3.57. The molecule has 0 aliphatic heterocycles. The van der Waals surface area contributed by atoms with E-state index < -0.39 is 23.7 Å². The summed E-state index contributed by atoms with van der Waals surface area (Å²) in [6, 6.07) is 7.63. The number of ether oxygens (including phenoxy) is 1. The number of benzene rings is 1. The van der Waals surface area contributed by atoms with Crippen LogP contribution in [0.25, 0.3) is 0 Å². The van der Waals surface area contributed by atoms with Crippen molar-refractivity contribution in [2.75, 3.05) is 25.6 Å². The van der Waals surface area contributed by atoms with Gasteiger partial charge in [-0.05, 0) is 29.8 Å².